The van der Waals surface area contributed by atoms with Crippen molar-refractivity contribution < 1.29 is 17.6 Å². The first-order valence-electron chi connectivity index (χ1n) is 5.87. The van der Waals surface area contributed by atoms with Gasteiger partial charge < -0.3 is 4.90 Å². The molecule has 1 aromatic rings. The molecular weight excluding hydrogens is 296 g/mol. The molecule has 1 heterocycles. The fourth-order valence-electron chi connectivity index (χ4n) is 1.93. The summed E-state index contributed by atoms with van der Waals surface area (Å²) in [7, 11) is 0. The van der Waals surface area contributed by atoms with E-state index in [1.165, 1.54) is 23.2 Å². The minimum absolute atomic E-state index is 0.0260. The third-order valence-corrected chi connectivity index (χ3v) is 3.10. The average Bonchev–Trinajstić information content (AvgIpc) is 2.37. The van der Waals surface area contributed by atoms with Crippen LogP contribution in [0.4, 0.5) is 23.2 Å². The van der Waals surface area contributed by atoms with Gasteiger partial charge in [0.15, 0.2) is 0 Å². The first-order valence-corrected chi connectivity index (χ1v) is 6.25. The van der Waals surface area contributed by atoms with Crippen LogP contribution in [0.1, 0.15) is 13.3 Å². The Labute approximate surface area is 118 Å². The highest BCUT2D eigenvalue weighted by Gasteiger charge is 2.39. The van der Waals surface area contributed by atoms with Gasteiger partial charge >= 0.3 is 6.18 Å². The van der Waals surface area contributed by atoms with Crippen LogP contribution in [0.25, 0.3) is 0 Å². The Hall–Kier alpha value is -1.56. The number of hydrogen-bond donors (Lipinski definition) is 0. The van der Waals surface area contributed by atoms with E-state index in [1.54, 1.807) is 6.92 Å². The number of aliphatic imine (C=N–C) groups is 1. The molecule has 1 aliphatic heterocycles. The maximum absolute atomic E-state index is 13.8. The number of anilines is 1. The van der Waals surface area contributed by atoms with Crippen molar-refractivity contribution in [2.75, 3.05) is 11.6 Å². The second-order valence-corrected chi connectivity index (χ2v) is 4.66. The van der Waals surface area contributed by atoms with Crippen LogP contribution in [-0.4, -0.2) is 18.6 Å². The van der Waals surface area contributed by atoms with Gasteiger partial charge in [0.1, 0.15) is 18.2 Å². The number of rotatable bonds is 2. The molecule has 1 aromatic carbocycles. The van der Waals surface area contributed by atoms with Crippen molar-refractivity contribution in [3.63, 3.8) is 0 Å². The van der Waals surface area contributed by atoms with Crippen LogP contribution in [0.2, 0.25) is 5.02 Å². The normalized spacial score (nSPS) is 16.0. The molecule has 108 valence electrons. The maximum atomic E-state index is 13.8. The van der Waals surface area contributed by atoms with Crippen LogP contribution in [0.15, 0.2) is 35.0 Å². The second kappa shape index (κ2) is 5.44. The molecule has 0 bridgehead atoms. The smallest absolute Gasteiger partial charge is 0.325 e. The zero-order valence-electron chi connectivity index (χ0n) is 10.5. The lowest BCUT2D eigenvalue weighted by Gasteiger charge is -2.26. The van der Waals surface area contributed by atoms with Crippen molar-refractivity contribution in [1.29, 1.82) is 0 Å². The van der Waals surface area contributed by atoms with E-state index >= 15 is 0 Å². The number of allylic oxidation sites excluding steroid dienone is 1. The van der Waals surface area contributed by atoms with Crippen LogP contribution in [0.5, 0.6) is 0 Å². The van der Waals surface area contributed by atoms with Gasteiger partial charge in [-0.25, -0.2) is 4.39 Å². The molecule has 0 saturated heterocycles. The topological polar surface area (TPSA) is 15.6 Å². The maximum Gasteiger partial charge on any atom is 0.433 e. The summed E-state index contributed by atoms with van der Waals surface area (Å²) in [5, 5.41) is 0.224. The van der Waals surface area contributed by atoms with Crippen molar-refractivity contribution in [1.82, 2.24) is 0 Å². The van der Waals surface area contributed by atoms with Gasteiger partial charge in [-0.05, 0) is 30.2 Å². The van der Waals surface area contributed by atoms with Crippen molar-refractivity contribution in [3.05, 3.63) is 40.8 Å². The van der Waals surface area contributed by atoms with E-state index in [4.69, 9.17) is 11.6 Å². The standard InChI is InChI=1S/C13H11ClF4N2/c1-2-8-6-20(7-19-12(8)13(16,17)18)11-4-3-9(14)5-10(11)15/h3-6H,2,7H2,1H3. The summed E-state index contributed by atoms with van der Waals surface area (Å²) in [5.74, 6) is -0.602. The number of hydrogen-bond acceptors (Lipinski definition) is 2. The van der Waals surface area contributed by atoms with E-state index in [1.807, 2.05) is 0 Å². The molecule has 0 spiro atoms. The van der Waals surface area contributed by atoms with Crippen LogP contribution in [0, 0.1) is 5.82 Å². The molecule has 0 aliphatic carbocycles. The Morgan fingerprint density at radius 1 is 1.35 bits per heavy atom. The van der Waals surface area contributed by atoms with Gasteiger partial charge in [0, 0.05) is 11.2 Å². The van der Waals surface area contributed by atoms with Crippen LogP contribution in [0.3, 0.4) is 0 Å². The van der Waals surface area contributed by atoms with E-state index in [-0.39, 0.29) is 29.4 Å². The van der Waals surface area contributed by atoms with E-state index in [2.05, 4.69) is 4.99 Å². The molecule has 0 amide bonds. The first-order chi connectivity index (χ1) is 9.32. The number of halogens is 5. The predicted molar refractivity (Wildman–Crippen MR) is 70.6 cm³/mol. The van der Waals surface area contributed by atoms with E-state index in [0.29, 0.717) is 0 Å². The van der Waals surface area contributed by atoms with Gasteiger partial charge in [-0.1, -0.05) is 18.5 Å². The molecule has 0 saturated carbocycles. The van der Waals surface area contributed by atoms with Gasteiger partial charge in [-0.15, -0.1) is 0 Å². The van der Waals surface area contributed by atoms with Crippen LogP contribution in [-0.2, 0) is 0 Å². The van der Waals surface area contributed by atoms with E-state index in [0.717, 1.165) is 6.07 Å². The minimum Gasteiger partial charge on any atom is -0.325 e. The van der Waals surface area contributed by atoms with Crippen molar-refractivity contribution >= 4 is 23.0 Å². The fourth-order valence-corrected chi connectivity index (χ4v) is 2.09. The number of alkyl halides is 3. The monoisotopic (exact) mass is 306 g/mol. The molecule has 0 atom stereocenters. The molecular formula is C13H11ClF4N2. The lowest BCUT2D eigenvalue weighted by atomic mass is 10.1. The Morgan fingerprint density at radius 2 is 2.05 bits per heavy atom. The summed E-state index contributed by atoms with van der Waals surface area (Å²) in [4.78, 5) is 4.86. The quantitative estimate of drug-likeness (QED) is 0.732. The van der Waals surface area contributed by atoms with Crippen LogP contribution >= 0.6 is 11.6 Å². The predicted octanol–water partition coefficient (Wildman–Crippen LogP) is 4.55. The van der Waals surface area contributed by atoms with Gasteiger partial charge in [-0.3, -0.25) is 4.99 Å². The van der Waals surface area contributed by atoms with E-state index in [9.17, 15) is 17.6 Å². The molecule has 0 fully saturated rings. The SMILES string of the molecule is CCC1=CN(c2ccc(Cl)cc2F)CN=C1C(F)(F)F. The lowest BCUT2D eigenvalue weighted by Crippen LogP contribution is -2.33. The highest BCUT2D eigenvalue weighted by atomic mass is 35.5. The van der Waals surface area contributed by atoms with Gasteiger partial charge in [0.25, 0.3) is 0 Å². The summed E-state index contributed by atoms with van der Waals surface area (Å²) in [6.07, 6.45) is -3.06. The molecule has 0 aromatic heterocycles. The molecule has 1 aliphatic rings. The summed E-state index contributed by atoms with van der Waals surface area (Å²) in [6.45, 7) is 1.31. The zero-order chi connectivity index (χ0) is 14.9. The third-order valence-electron chi connectivity index (χ3n) is 2.87. The Morgan fingerprint density at radius 3 is 2.60 bits per heavy atom. The highest BCUT2D eigenvalue weighted by molar-refractivity contribution is 6.30. The van der Waals surface area contributed by atoms with Crippen molar-refractivity contribution in [2.45, 2.75) is 19.5 Å². The highest BCUT2D eigenvalue weighted by Crippen LogP contribution is 2.30. The summed E-state index contributed by atoms with van der Waals surface area (Å²) in [5.41, 5.74) is -0.728. The largest absolute Gasteiger partial charge is 0.433 e. The third kappa shape index (κ3) is 2.95. The van der Waals surface area contributed by atoms with Crippen molar-refractivity contribution in [3.8, 4) is 0 Å². The van der Waals surface area contributed by atoms with Crippen LogP contribution < -0.4 is 4.90 Å². The van der Waals surface area contributed by atoms with Gasteiger partial charge in [0.2, 0.25) is 0 Å². The molecule has 20 heavy (non-hydrogen) atoms. The number of nitrogens with zero attached hydrogens (tertiary/aromatic N) is 2. The summed E-state index contributed by atoms with van der Waals surface area (Å²) in [6, 6.07) is 4.00. The molecule has 0 unspecified atom stereocenters. The van der Waals surface area contributed by atoms with E-state index < -0.39 is 17.7 Å². The summed E-state index contributed by atoms with van der Waals surface area (Å²) < 4.78 is 52.0. The molecule has 7 heteroatoms. The Balaban J connectivity index is 2.35. The second-order valence-electron chi connectivity index (χ2n) is 4.22. The van der Waals surface area contributed by atoms with Gasteiger partial charge in [0.05, 0.1) is 5.69 Å². The molecule has 2 rings (SSSR count). The van der Waals surface area contributed by atoms with Crippen molar-refractivity contribution in [2.24, 2.45) is 4.99 Å². The van der Waals surface area contributed by atoms with Gasteiger partial charge in [-0.2, -0.15) is 13.2 Å². The minimum atomic E-state index is -4.49. The zero-order valence-corrected chi connectivity index (χ0v) is 11.3. The molecule has 0 radical (unpaired) electrons. The average molecular weight is 307 g/mol. The Bertz CT molecular complexity index is 578. The molecule has 2 nitrogen and oxygen atoms in total. The fraction of sp³-hybridized carbons (Fsp3) is 0.308. The number of benzene rings is 1. The Kier molecular flexibility index (Phi) is 4.04. The lowest BCUT2D eigenvalue weighted by molar-refractivity contribution is -0.0586. The summed E-state index contributed by atoms with van der Waals surface area (Å²) >= 11 is 5.64. The molecule has 0 N–H and O–H groups in total. The first kappa shape index (κ1) is 14.8.